The van der Waals surface area contributed by atoms with E-state index in [1.165, 1.54) is 25.1 Å². The van der Waals surface area contributed by atoms with E-state index in [1.807, 2.05) is 0 Å². The first-order chi connectivity index (χ1) is 15.1. The van der Waals surface area contributed by atoms with E-state index in [1.54, 1.807) is 24.3 Å². The molecule has 1 heterocycles. The summed E-state index contributed by atoms with van der Waals surface area (Å²) >= 11 is 0. The lowest BCUT2D eigenvalue weighted by Gasteiger charge is -2.13. The second-order valence-corrected chi connectivity index (χ2v) is 6.92. The van der Waals surface area contributed by atoms with Crippen LogP contribution in [0.4, 0.5) is 13.2 Å². The minimum absolute atomic E-state index is 0.0562. The summed E-state index contributed by atoms with van der Waals surface area (Å²) in [4.78, 5) is 30.9. The molecule has 0 aliphatic rings. The summed E-state index contributed by atoms with van der Waals surface area (Å²) in [5, 5.41) is 20.8. The fourth-order valence-electron chi connectivity index (χ4n) is 3.07. The molecule has 10 heteroatoms. The Bertz CT molecular complexity index is 1160. The predicted octanol–water partition coefficient (Wildman–Crippen LogP) is 3.58. The van der Waals surface area contributed by atoms with Crippen LogP contribution in [0.15, 0.2) is 48.5 Å². The summed E-state index contributed by atoms with van der Waals surface area (Å²) in [7, 11) is 0. The number of carbonyl (C=O) groups excluding carboxylic acids is 1. The van der Waals surface area contributed by atoms with Crippen LogP contribution < -0.4 is 5.32 Å². The molecule has 1 aromatic heterocycles. The van der Waals surface area contributed by atoms with Gasteiger partial charge in [0.05, 0.1) is 11.3 Å². The molecule has 1 amide bonds. The van der Waals surface area contributed by atoms with Crippen molar-refractivity contribution in [3.8, 4) is 16.9 Å². The maximum absolute atomic E-state index is 13.3. The Balaban J connectivity index is 1.85. The van der Waals surface area contributed by atoms with Crippen molar-refractivity contribution in [2.75, 3.05) is 6.54 Å². The number of carbonyl (C=O) groups is 2. The van der Waals surface area contributed by atoms with Gasteiger partial charge >= 0.3 is 12.1 Å². The molecule has 166 valence electrons. The largest absolute Gasteiger partial charge is 0.504 e. The summed E-state index contributed by atoms with van der Waals surface area (Å²) in [5.41, 5.74) is 0.150. The van der Waals surface area contributed by atoms with Gasteiger partial charge in [0.2, 0.25) is 0 Å². The van der Waals surface area contributed by atoms with Crippen molar-refractivity contribution in [1.82, 2.24) is 15.3 Å². The van der Waals surface area contributed by atoms with Crippen molar-refractivity contribution in [3.63, 3.8) is 0 Å². The van der Waals surface area contributed by atoms with Gasteiger partial charge in [0, 0.05) is 6.42 Å². The Morgan fingerprint density at radius 1 is 1.03 bits per heavy atom. The number of aromatic nitrogens is 2. The van der Waals surface area contributed by atoms with E-state index < -0.39 is 35.9 Å². The quantitative estimate of drug-likeness (QED) is 0.535. The molecular formula is C22H18F3N3O4. The van der Waals surface area contributed by atoms with E-state index in [2.05, 4.69) is 15.3 Å². The molecular weight excluding hydrogens is 427 g/mol. The minimum Gasteiger partial charge on any atom is -0.504 e. The van der Waals surface area contributed by atoms with Gasteiger partial charge in [0.25, 0.3) is 5.91 Å². The average Bonchev–Trinajstić information content (AvgIpc) is 2.74. The van der Waals surface area contributed by atoms with E-state index in [9.17, 15) is 27.9 Å². The van der Waals surface area contributed by atoms with Crippen LogP contribution in [-0.4, -0.2) is 38.6 Å². The zero-order valence-electron chi connectivity index (χ0n) is 16.8. The number of nitrogens with zero attached hydrogens (tertiary/aromatic N) is 2. The third kappa shape index (κ3) is 5.20. The van der Waals surface area contributed by atoms with E-state index in [0.717, 1.165) is 6.07 Å². The van der Waals surface area contributed by atoms with Gasteiger partial charge in [-0.2, -0.15) is 13.2 Å². The van der Waals surface area contributed by atoms with Gasteiger partial charge in [0.1, 0.15) is 12.4 Å². The maximum atomic E-state index is 13.3. The first-order valence-electron chi connectivity index (χ1n) is 9.38. The van der Waals surface area contributed by atoms with Crippen molar-refractivity contribution < 1.29 is 33.0 Å². The minimum atomic E-state index is -4.48. The lowest BCUT2D eigenvalue weighted by molar-refractivity contribution is -0.137. The Morgan fingerprint density at radius 2 is 1.69 bits per heavy atom. The molecule has 0 bridgehead atoms. The topological polar surface area (TPSA) is 112 Å². The predicted molar refractivity (Wildman–Crippen MR) is 108 cm³/mol. The van der Waals surface area contributed by atoms with Crippen LogP contribution in [-0.2, 0) is 17.4 Å². The third-order valence-corrected chi connectivity index (χ3v) is 4.58. The van der Waals surface area contributed by atoms with Gasteiger partial charge in [-0.15, -0.1) is 0 Å². The van der Waals surface area contributed by atoms with Crippen LogP contribution >= 0.6 is 0 Å². The number of alkyl halides is 3. The summed E-state index contributed by atoms with van der Waals surface area (Å²) < 4.78 is 39.8. The molecule has 2 aromatic carbocycles. The van der Waals surface area contributed by atoms with Crippen LogP contribution in [0, 0.1) is 6.92 Å². The molecule has 0 radical (unpaired) electrons. The van der Waals surface area contributed by atoms with Crippen LogP contribution in [0.1, 0.15) is 33.1 Å². The van der Waals surface area contributed by atoms with Crippen molar-refractivity contribution in [2.24, 2.45) is 0 Å². The van der Waals surface area contributed by atoms with Gasteiger partial charge in [-0.25, -0.2) is 9.97 Å². The molecule has 0 saturated carbocycles. The van der Waals surface area contributed by atoms with Crippen LogP contribution in [0.25, 0.3) is 11.1 Å². The molecule has 0 atom stereocenters. The molecule has 32 heavy (non-hydrogen) atoms. The normalized spacial score (nSPS) is 11.2. The Labute approximate surface area is 180 Å². The lowest BCUT2D eigenvalue weighted by Crippen LogP contribution is -2.30. The number of benzene rings is 2. The summed E-state index contributed by atoms with van der Waals surface area (Å²) in [5.74, 6) is -2.40. The summed E-state index contributed by atoms with van der Waals surface area (Å²) in [6.45, 7) is 0.823. The molecule has 3 N–H and O–H groups in total. The second-order valence-electron chi connectivity index (χ2n) is 6.92. The number of amides is 1. The van der Waals surface area contributed by atoms with Gasteiger partial charge in [-0.3, -0.25) is 9.59 Å². The highest BCUT2D eigenvalue weighted by Gasteiger charge is 2.33. The zero-order chi connectivity index (χ0) is 23.5. The number of nitrogens with one attached hydrogen (secondary N) is 1. The van der Waals surface area contributed by atoms with Crippen molar-refractivity contribution in [3.05, 3.63) is 76.9 Å². The lowest BCUT2D eigenvalue weighted by atomic mass is 9.98. The molecule has 3 aromatic rings. The molecule has 0 spiro atoms. The molecule has 0 aliphatic carbocycles. The van der Waals surface area contributed by atoms with Crippen LogP contribution in [0.2, 0.25) is 0 Å². The fraction of sp³-hybridized carbons (Fsp3) is 0.182. The van der Waals surface area contributed by atoms with Crippen molar-refractivity contribution in [1.29, 1.82) is 0 Å². The van der Waals surface area contributed by atoms with E-state index in [-0.39, 0.29) is 29.2 Å². The summed E-state index contributed by atoms with van der Waals surface area (Å²) in [6, 6.07) is 11.6. The summed E-state index contributed by atoms with van der Waals surface area (Å²) in [6.07, 6.45) is -4.34. The first-order valence-corrected chi connectivity index (χ1v) is 9.38. The average molecular weight is 445 g/mol. The van der Waals surface area contributed by atoms with Gasteiger partial charge in [-0.05, 0) is 29.7 Å². The fourth-order valence-corrected chi connectivity index (χ4v) is 3.07. The number of hydrogen-bond acceptors (Lipinski definition) is 5. The van der Waals surface area contributed by atoms with Crippen molar-refractivity contribution >= 4 is 11.9 Å². The smallest absolute Gasteiger partial charge is 0.417 e. The first kappa shape index (κ1) is 22.7. The van der Waals surface area contributed by atoms with Gasteiger partial charge in [-0.1, -0.05) is 42.5 Å². The number of rotatable bonds is 6. The van der Waals surface area contributed by atoms with Gasteiger partial charge < -0.3 is 15.5 Å². The number of aliphatic carboxylic acids is 1. The number of aryl methyl sites for hydroxylation is 1. The molecule has 3 rings (SSSR count). The number of hydrogen-bond donors (Lipinski definition) is 3. The van der Waals surface area contributed by atoms with E-state index >= 15 is 0 Å². The number of carboxylic acids is 1. The number of halogens is 3. The second kappa shape index (κ2) is 9.04. The number of carboxylic acid groups (broad SMARTS) is 1. The van der Waals surface area contributed by atoms with Gasteiger partial charge in [0.15, 0.2) is 11.4 Å². The SMILES string of the molecule is Cc1nc(Cc2ccc(-c3ccccc3C(F)(F)F)cc2)nc(C(=O)NCC(=O)O)c1O. The molecule has 0 saturated heterocycles. The molecule has 7 nitrogen and oxygen atoms in total. The maximum Gasteiger partial charge on any atom is 0.417 e. The monoisotopic (exact) mass is 445 g/mol. The van der Waals surface area contributed by atoms with Crippen molar-refractivity contribution in [2.45, 2.75) is 19.5 Å². The third-order valence-electron chi connectivity index (χ3n) is 4.58. The van der Waals surface area contributed by atoms with Crippen LogP contribution in [0.5, 0.6) is 5.75 Å². The highest BCUT2D eigenvalue weighted by atomic mass is 19.4. The standard InChI is InChI=1S/C22H18F3N3O4/c1-12-20(31)19(21(32)26-11-18(29)30)28-17(27-12)10-13-6-8-14(9-7-13)15-4-2-3-5-16(15)22(23,24)25/h2-9,31H,10-11H2,1H3,(H,26,32)(H,29,30). The molecule has 0 fully saturated rings. The molecule has 0 aliphatic heterocycles. The van der Waals surface area contributed by atoms with Crippen LogP contribution in [0.3, 0.4) is 0 Å². The Hall–Kier alpha value is -3.95. The number of aromatic hydroxyl groups is 1. The Morgan fingerprint density at radius 3 is 2.31 bits per heavy atom. The van der Waals surface area contributed by atoms with E-state index in [0.29, 0.717) is 11.1 Å². The zero-order valence-corrected chi connectivity index (χ0v) is 16.8. The Kier molecular flexibility index (Phi) is 6.42. The highest BCUT2D eigenvalue weighted by Crippen LogP contribution is 2.37. The molecule has 0 unspecified atom stereocenters. The highest BCUT2D eigenvalue weighted by molar-refractivity contribution is 5.96. The van der Waals surface area contributed by atoms with E-state index in [4.69, 9.17) is 5.11 Å².